The lowest BCUT2D eigenvalue weighted by molar-refractivity contribution is -0.105. The zero-order valence-corrected chi connectivity index (χ0v) is 10.4. The highest BCUT2D eigenvalue weighted by molar-refractivity contribution is 5.27. The van der Waals surface area contributed by atoms with Gasteiger partial charge in [0.1, 0.15) is 5.75 Å². The van der Waals surface area contributed by atoms with E-state index in [9.17, 15) is 0 Å². The average Bonchev–Trinajstić information content (AvgIpc) is 2.32. The molecule has 1 aromatic carbocycles. The summed E-state index contributed by atoms with van der Waals surface area (Å²) in [5.41, 5.74) is 7.01. The topological polar surface area (TPSA) is 44.5 Å². The van der Waals surface area contributed by atoms with Crippen molar-refractivity contribution < 1.29 is 9.47 Å². The van der Waals surface area contributed by atoms with Gasteiger partial charge in [0.05, 0.1) is 6.61 Å². The number of rotatable bonds is 4. The van der Waals surface area contributed by atoms with Crippen molar-refractivity contribution in [2.24, 2.45) is 5.73 Å². The molecule has 1 heterocycles. The molecule has 2 atom stereocenters. The third-order valence-electron chi connectivity index (χ3n) is 2.89. The summed E-state index contributed by atoms with van der Waals surface area (Å²) >= 11 is 0. The summed E-state index contributed by atoms with van der Waals surface area (Å²) in [5.74, 6) is 0.880. The van der Waals surface area contributed by atoms with Gasteiger partial charge in [0.15, 0.2) is 6.29 Å². The van der Waals surface area contributed by atoms with Crippen molar-refractivity contribution in [3.8, 4) is 5.75 Å². The Morgan fingerprint density at radius 2 is 2.12 bits per heavy atom. The van der Waals surface area contributed by atoms with Crippen molar-refractivity contribution >= 4 is 0 Å². The van der Waals surface area contributed by atoms with Gasteiger partial charge in [0.2, 0.25) is 0 Å². The summed E-state index contributed by atoms with van der Waals surface area (Å²) in [5, 5.41) is 0. The summed E-state index contributed by atoms with van der Waals surface area (Å²) in [7, 11) is 0. The maximum absolute atomic E-state index is 5.76. The van der Waals surface area contributed by atoms with Gasteiger partial charge in [-0.2, -0.15) is 0 Å². The third-order valence-corrected chi connectivity index (χ3v) is 2.89. The van der Waals surface area contributed by atoms with Gasteiger partial charge in [-0.15, -0.1) is 0 Å². The van der Waals surface area contributed by atoms with E-state index in [1.54, 1.807) is 0 Å². The van der Waals surface area contributed by atoms with Crippen LogP contribution < -0.4 is 10.5 Å². The van der Waals surface area contributed by atoms with Gasteiger partial charge in [0, 0.05) is 12.5 Å². The molecule has 1 aliphatic heterocycles. The van der Waals surface area contributed by atoms with Crippen LogP contribution in [0.3, 0.4) is 0 Å². The molecule has 3 nitrogen and oxygen atoms in total. The zero-order valence-electron chi connectivity index (χ0n) is 10.4. The maximum atomic E-state index is 5.76. The standard InChI is InChI=1S/C14H21NO2/c1-11(15)10-12-5-7-13(8-6-12)17-14-4-2-3-9-16-14/h5-8,11,14H,2-4,9-10,15H2,1H3. The summed E-state index contributed by atoms with van der Waals surface area (Å²) in [4.78, 5) is 0. The zero-order chi connectivity index (χ0) is 12.1. The Morgan fingerprint density at radius 1 is 1.35 bits per heavy atom. The Morgan fingerprint density at radius 3 is 2.71 bits per heavy atom. The Balaban J connectivity index is 1.88. The summed E-state index contributed by atoms with van der Waals surface area (Å²) < 4.78 is 11.3. The van der Waals surface area contributed by atoms with Crippen LogP contribution in [0, 0.1) is 0 Å². The molecule has 2 unspecified atom stereocenters. The lowest BCUT2D eigenvalue weighted by Gasteiger charge is -2.23. The van der Waals surface area contributed by atoms with Crippen LogP contribution in [0.1, 0.15) is 31.7 Å². The Kier molecular flexibility index (Phi) is 4.40. The van der Waals surface area contributed by atoms with Gasteiger partial charge in [-0.05, 0) is 43.9 Å². The number of hydrogen-bond acceptors (Lipinski definition) is 3. The number of benzene rings is 1. The van der Waals surface area contributed by atoms with Gasteiger partial charge in [-0.25, -0.2) is 0 Å². The molecule has 1 aromatic rings. The predicted molar refractivity (Wildman–Crippen MR) is 68.0 cm³/mol. The molecule has 17 heavy (non-hydrogen) atoms. The molecular formula is C14H21NO2. The lowest BCUT2D eigenvalue weighted by Crippen LogP contribution is -2.25. The molecule has 0 radical (unpaired) electrons. The molecule has 94 valence electrons. The SMILES string of the molecule is CC(N)Cc1ccc(OC2CCCCO2)cc1. The molecule has 1 saturated heterocycles. The van der Waals surface area contributed by atoms with Crippen molar-refractivity contribution in [1.29, 1.82) is 0 Å². The van der Waals surface area contributed by atoms with E-state index in [0.717, 1.165) is 31.6 Å². The quantitative estimate of drug-likeness (QED) is 0.872. The number of ether oxygens (including phenoxy) is 2. The fourth-order valence-corrected chi connectivity index (χ4v) is 2.03. The molecule has 2 rings (SSSR count). The molecule has 1 aliphatic rings. The molecule has 0 spiro atoms. The first-order valence-electron chi connectivity index (χ1n) is 6.37. The second kappa shape index (κ2) is 6.03. The van der Waals surface area contributed by atoms with Crippen molar-refractivity contribution in [3.05, 3.63) is 29.8 Å². The van der Waals surface area contributed by atoms with Crippen molar-refractivity contribution in [2.45, 2.75) is 44.9 Å². The van der Waals surface area contributed by atoms with Gasteiger partial charge >= 0.3 is 0 Å². The van der Waals surface area contributed by atoms with Crippen LogP contribution in [0.4, 0.5) is 0 Å². The second-order valence-electron chi connectivity index (χ2n) is 4.74. The Bertz CT molecular complexity index is 329. The van der Waals surface area contributed by atoms with E-state index in [-0.39, 0.29) is 12.3 Å². The van der Waals surface area contributed by atoms with E-state index >= 15 is 0 Å². The summed E-state index contributed by atoms with van der Waals surface area (Å²) in [6.45, 7) is 2.83. The molecule has 1 fully saturated rings. The predicted octanol–water partition coefficient (Wildman–Crippen LogP) is 2.48. The number of nitrogens with two attached hydrogens (primary N) is 1. The molecule has 0 amide bonds. The van der Waals surface area contributed by atoms with E-state index in [4.69, 9.17) is 15.2 Å². The average molecular weight is 235 g/mol. The monoisotopic (exact) mass is 235 g/mol. The van der Waals surface area contributed by atoms with E-state index < -0.39 is 0 Å². The van der Waals surface area contributed by atoms with Crippen LogP contribution in [0.25, 0.3) is 0 Å². The van der Waals surface area contributed by atoms with Crippen molar-refractivity contribution in [2.75, 3.05) is 6.61 Å². The smallest absolute Gasteiger partial charge is 0.199 e. The molecule has 2 N–H and O–H groups in total. The third kappa shape index (κ3) is 4.02. The molecule has 0 aromatic heterocycles. The summed E-state index contributed by atoms with van der Waals surface area (Å²) in [6.07, 6.45) is 4.16. The Hall–Kier alpha value is -1.06. The summed E-state index contributed by atoms with van der Waals surface area (Å²) in [6, 6.07) is 8.33. The maximum Gasteiger partial charge on any atom is 0.199 e. The van der Waals surface area contributed by atoms with E-state index in [1.807, 2.05) is 19.1 Å². The first-order chi connectivity index (χ1) is 8.24. The van der Waals surface area contributed by atoms with Crippen molar-refractivity contribution in [1.82, 2.24) is 0 Å². The largest absolute Gasteiger partial charge is 0.465 e. The van der Waals surface area contributed by atoms with Crippen LogP contribution in [-0.4, -0.2) is 18.9 Å². The minimum absolute atomic E-state index is 0.0666. The van der Waals surface area contributed by atoms with E-state index in [0.29, 0.717) is 0 Å². The molecular weight excluding hydrogens is 214 g/mol. The van der Waals surface area contributed by atoms with Crippen LogP contribution in [-0.2, 0) is 11.2 Å². The highest BCUT2D eigenvalue weighted by Gasteiger charge is 2.14. The molecule has 3 heteroatoms. The number of hydrogen-bond donors (Lipinski definition) is 1. The van der Waals surface area contributed by atoms with Gasteiger partial charge in [-0.1, -0.05) is 12.1 Å². The van der Waals surface area contributed by atoms with Crippen LogP contribution >= 0.6 is 0 Å². The molecule has 0 bridgehead atoms. The highest BCUT2D eigenvalue weighted by Crippen LogP contribution is 2.19. The molecule has 0 aliphatic carbocycles. The van der Waals surface area contributed by atoms with Crippen LogP contribution in [0.2, 0.25) is 0 Å². The van der Waals surface area contributed by atoms with Crippen LogP contribution in [0.5, 0.6) is 5.75 Å². The fraction of sp³-hybridized carbons (Fsp3) is 0.571. The van der Waals surface area contributed by atoms with Gasteiger partial charge in [0.25, 0.3) is 0 Å². The Labute approximate surface area is 103 Å². The lowest BCUT2D eigenvalue weighted by atomic mass is 10.1. The molecule has 0 saturated carbocycles. The van der Waals surface area contributed by atoms with E-state index in [1.165, 1.54) is 12.0 Å². The van der Waals surface area contributed by atoms with E-state index in [2.05, 4.69) is 12.1 Å². The van der Waals surface area contributed by atoms with Gasteiger partial charge in [-0.3, -0.25) is 0 Å². The second-order valence-corrected chi connectivity index (χ2v) is 4.74. The van der Waals surface area contributed by atoms with Gasteiger partial charge < -0.3 is 15.2 Å². The highest BCUT2D eigenvalue weighted by atomic mass is 16.7. The minimum atomic E-state index is -0.0666. The first-order valence-corrected chi connectivity index (χ1v) is 6.37. The first kappa shape index (κ1) is 12.4. The normalized spacial score (nSPS) is 22.1. The minimum Gasteiger partial charge on any atom is -0.465 e. The van der Waals surface area contributed by atoms with Crippen LogP contribution in [0.15, 0.2) is 24.3 Å². The fourth-order valence-electron chi connectivity index (χ4n) is 2.03. The van der Waals surface area contributed by atoms with Crippen molar-refractivity contribution in [3.63, 3.8) is 0 Å².